The highest BCUT2D eigenvalue weighted by molar-refractivity contribution is 7.26. The summed E-state index contributed by atoms with van der Waals surface area (Å²) in [5, 5.41) is 5.24. The molecule has 0 N–H and O–H groups in total. The van der Waals surface area contributed by atoms with Gasteiger partial charge in [-0.3, -0.25) is 0 Å². The van der Waals surface area contributed by atoms with Gasteiger partial charge in [0, 0.05) is 58.7 Å². The van der Waals surface area contributed by atoms with Gasteiger partial charge in [-0.05, 0) is 64.7 Å². The molecule has 0 saturated carbocycles. The van der Waals surface area contributed by atoms with Crippen molar-refractivity contribution in [2.45, 2.75) is 19.3 Å². The summed E-state index contributed by atoms with van der Waals surface area (Å²) in [6.07, 6.45) is 0. The predicted octanol–water partition coefficient (Wildman–Crippen LogP) is 13.2. The van der Waals surface area contributed by atoms with Crippen molar-refractivity contribution < 1.29 is 0 Å². The largest absolute Gasteiger partial charge is 0.309 e. The summed E-state index contributed by atoms with van der Waals surface area (Å²) in [4.78, 5) is 10.3. The zero-order chi connectivity index (χ0) is 35.3. The second-order valence-electron chi connectivity index (χ2n) is 14.6. The van der Waals surface area contributed by atoms with E-state index >= 15 is 0 Å². The van der Waals surface area contributed by atoms with Crippen LogP contribution in [0, 0.1) is 0 Å². The van der Waals surface area contributed by atoms with E-state index in [0.717, 1.165) is 39.6 Å². The van der Waals surface area contributed by atoms with Gasteiger partial charge < -0.3 is 4.57 Å². The molecule has 3 heterocycles. The van der Waals surface area contributed by atoms with Crippen LogP contribution in [0.25, 0.3) is 92.7 Å². The first-order chi connectivity index (χ1) is 26.0. The summed E-state index contributed by atoms with van der Waals surface area (Å²) < 4.78 is 5.07. The molecule has 7 aromatic carbocycles. The van der Waals surface area contributed by atoms with E-state index in [4.69, 9.17) is 9.97 Å². The standard InChI is InChI=1S/C49H33N3S/c1-49(2)39-17-9-6-14-34(39)35-25-22-32(28-40(35)49)42-29-41(50-48(51-42)31-12-4-3-5-13-31)30-20-23-33(24-21-30)52-43-18-10-7-16-38(43)46-44(52)27-26-37-36-15-8-11-19-45(36)53-47(37)46/h3-29H,1-2H3. The Balaban J connectivity index is 1.05. The summed E-state index contributed by atoms with van der Waals surface area (Å²) in [6.45, 7) is 4.65. The molecule has 0 saturated heterocycles. The van der Waals surface area contributed by atoms with Crippen LogP contribution in [-0.4, -0.2) is 14.5 Å². The van der Waals surface area contributed by atoms with Crippen molar-refractivity contribution in [3.05, 3.63) is 175 Å². The second kappa shape index (κ2) is 11.3. The molecular weight excluding hydrogens is 663 g/mol. The third-order valence-corrected chi connectivity index (χ3v) is 12.4. The van der Waals surface area contributed by atoms with Gasteiger partial charge in [0.2, 0.25) is 0 Å². The first kappa shape index (κ1) is 30.3. The van der Waals surface area contributed by atoms with Crippen LogP contribution in [-0.2, 0) is 5.41 Å². The molecule has 0 fully saturated rings. The monoisotopic (exact) mass is 695 g/mol. The van der Waals surface area contributed by atoms with Gasteiger partial charge in [-0.15, -0.1) is 11.3 Å². The fourth-order valence-corrected chi connectivity index (χ4v) is 9.88. The van der Waals surface area contributed by atoms with Crippen LogP contribution in [0.3, 0.4) is 0 Å². The van der Waals surface area contributed by atoms with Crippen LogP contribution in [0.5, 0.6) is 0 Å². The number of thiophene rings is 1. The molecule has 1 aliphatic carbocycles. The number of aromatic nitrogens is 3. The minimum absolute atomic E-state index is 0.0918. The van der Waals surface area contributed by atoms with Crippen molar-refractivity contribution in [1.29, 1.82) is 0 Å². The van der Waals surface area contributed by atoms with Crippen LogP contribution < -0.4 is 0 Å². The average molecular weight is 696 g/mol. The quantitative estimate of drug-likeness (QED) is 0.183. The molecule has 4 heteroatoms. The van der Waals surface area contributed by atoms with E-state index in [9.17, 15) is 0 Å². The number of para-hydroxylation sites is 1. The Hall–Kier alpha value is -6.36. The first-order valence-electron chi connectivity index (χ1n) is 18.2. The van der Waals surface area contributed by atoms with Crippen molar-refractivity contribution >= 4 is 53.3 Å². The summed E-state index contributed by atoms with van der Waals surface area (Å²) in [7, 11) is 0. The number of rotatable bonds is 4. The van der Waals surface area contributed by atoms with Crippen molar-refractivity contribution in [2.75, 3.05) is 0 Å². The molecule has 0 bridgehead atoms. The van der Waals surface area contributed by atoms with Gasteiger partial charge >= 0.3 is 0 Å². The van der Waals surface area contributed by atoms with E-state index in [1.807, 2.05) is 29.5 Å². The lowest BCUT2D eigenvalue weighted by molar-refractivity contribution is 0.660. The Morgan fingerprint density at radius 2 is 1.17 bits per heavy atom. The minimum Gasteiger partial charge on any atom is -0.309 e. The van der Waals surface area contributed by atoms with Crippen LogP contribution in [0.1, 0.15) is 25.0 Å². The minimum atomic E-state index is -0.0918. The lowest BCUT2D eigenvalue weighted by atomic mass is 9.82. The van der Waals surface area contributed by atoms with Crippen molar-refractivity contribution in [1.82, 2.24) is 14.5 Å². The molecule has 3 aromatic heterocycles. The molecule has 0 radical (unpaired) electrons. The van der Waals surface area contributed by atoms with Crippen LogP contribution in [0.2, 0.25) is 0 Å². The van der Waals surface area contributed by atoms with Crippen molar-refractivity contribution in [2.24, 2.45) is 0 Å². The summed E-state index contributed by atoms with van der Waals surface area (Å²) in [5.41, 5.74) is 13.8. The van der Waals surface area contributed by atoms with Gasteiger partial charge in [0.25, 0.3) is 0 Å². The zero-order valence-corrected chi connectivity index (χ0v) is 30.2. The summed E-state index contributed by atoms with van der Waals surface area (Å²) >= 11 is 1.89. The number of nitrogens with zero attached hydrogens (tertiary/aromatic N) is 3. The maximum atomic E-state index is 5.17. The van der Waals surface area contributed by atoms with Crippen molar-refractivity contribution in [3.63, 3.8) is 0 Å². The predicted molar refractivity (Wildman–Crippen MR) is 223 cm³/mol. The van der Waals surface area contributed by atoms with Gasteiger partial charge in [0.1, 0.15) is 0 Å². The topological polar surface area (TPSA) is 30.7 Å². The Bertz CT molecular complexity index is 3080. The fourth-order valence-electron chi connectivity index (χ4n) is 8.62. The Morgan fingerprint density at radius 3 is 2.02 bits per heavy atom. The summed E-state index contributed by atoms with van der Waals surface area (Å²) in [5.74, 6) is 0.722. The van der Waals surface area contributed by atoms with Crippen LogP contribution >= 0.6 is 11.3 Å². The highest BCUT2D eigenvalue weighted by Crippen LogP contribution is 2.49. The van der Waals surface area contributed by atoms with Gasteiger partial charge in [0.15, 0.2) is 5.82 Å². The lowest BCUT2D eigenvalue weighted by Gasteiger charge is -2.22. The second-order valence-corrected chi connectivity index (χ2v) is 15.6. The molecule has 3 nitrogen and oxygen atoms in total. The van der Waals surface area contributed by atoms with E-state index in [1.165, 1.54) is 64.2 Å². The van der Waals surface area contributed by atoms with Crippen LogP contribution in [0.4, 0.5) is 0 Å². The number of hydrogen-bond donors (Lipinski definition) is 0. The molecular formula is C49H33N3S. The molecule has 250 valence electrons. The van der Waals surface area contributed by atoms with E-state index in [2.05, 4.69) is 164 Å². The van der Waals surface area contributed by atoms with Gasteiger partial charge in [-0.2, -0.15) is 0 Å². The molecule has 0 unspecified atom stereocenters. The molecule has 10 aromatic rings. The molecule has 0 atom stereocenters. The number of hydrogen-bond acceptors (Lipinski definition) is 3. The van der Waals surface area contributed by atoms with Gasteiger partial charge in [-0.25, -0.2) is 9.97 Å². The smallest absolute Gasteiger partial charge is 0.160 e. The van der Waals surface area contributed by atoms with Gasteiger partial charge in [0.05, 0.1) is 22.4 Å². The Kier molecular flexibility index (Phi) is 6.47. The van der Waals surface area contributed by atoms with Crippen LogP contribution in [0.15, 0.2) is 164 Å². The highest BCUT2D eigenvalue weighted by Gasteiger charge is 2.35. The molecule has 0 aliphatic heterocycles. The molecule has 1 aliphatic rings. The van der Waals surface area contributed by atoms with E-state index in [1.54, 1.807) is 0 Å². The fraction of sp³-hybridized carbons (Fsp3) is 0.0612. The zero-order valence-electron chi connectivity index (χ0n) is 29.3. The Labute approximate surface area is 311 Å². The SMILES string of the molecule is CC1(C)c2ccccc2-c2ccc(-c3cc(-c4ccc(-n5c6ccccc6c6c7sc8ccccc8c7ccc65)cc4)nc(-c4ccccc4)n3)cc21. The highest BCUT2D eigenvalue weighted by atomic mass is 32.1. The number of benzene rings is 7. The molecule has 53 heavy (non-hydrogen) atoms. The number of fused-ring (bicyclic) bond motifs is 10. The van der Waals surface area contributed by atoms with E-state index in [-0.39, 0.29) is 5.41 Å². The molecule has 0 spiro atoms. The maximum absolute atomic E-state index is 5.17. The van der Waals surface area contributed by atoms with Gasteiger partial charge in [-0.1, -0.05) is 135 Å². The van der Waals surface area contributed by atoms with E-state index < -0.39 is 0 Å². The average Bonchev–Trinajstić information content (AvgIpc) is 3.84. The Morgan fingerprint density at radius 1 is 0.491 bits per heavy atom. The summed E-state index contributed by atoms with van der Waals surface area (Å²) in [6, 6.07) is 59.1. The third kappa shape index (κ3) is 4.52. The first-order valence-corrected chi connectivity index (χ1v) is 19.0. The van der Waals surface area contributed by atoms with Crippen molar-refractivity contribution in [3.8, 4) is 50.7 Å². The molecule has 0 amide bonds. The molecule has 11 rings (SSSR count). The lowest BCUT2D eigenvalue weighted by Crippen LogP contribution is -2.14. The van der Waals surface area contributed by atoms with E-state index in [0.29, 0.717) is 0 Å². The normalized spacial score (nSPS) is 13.2. The third-order valence-electron chi connectivity index (χ3n) is 11.2. The maximum Gasteiger partial charge on any atom is 0.160 e.